The molecule has 0 saturated carbocycles. The molecule has 0 aliphatic carbocycles. The second kappa shape index (κ2) is 10.5. The molecule has 33 heavy (non-hydrogen) atoms. The molecule has 0 unspecified atom stereocenters. The van der Waals surface area contributed by atoms with Crippen LogP contribution in [0.4, 0.5) is 11.4 Å². The molecule has 0 aromatic heterocycles. The van der Waals surface area contributed by atoms with Crippen LogP contribution in [0.1, 0.15) is 41.0 Å². The number of anilines is 2. The molecular weight excluding hydrogens is 428 g/mol. The van der Waals surface area contributed by atoms with Crippen LogP contribution in [0.3, 0.4) is 0 Å². The predicted octanol–water partition coefficient (Wildman–Crippen LogP) is 2.60. The summed E-state index contributed by atoms with van der Waals surface area (Å²) in [4.78, 5) is 61.3. The van der Waals surface area contributed by atoms with Gasteiger partial charge in [0.25, 0.3) is 5.91 Å². The SMILES string of the molecule is CCOC(=O)c1ccc(N2C[C@@H](C(=O)OCC(=O)Nc3ccc(C(C)=O)cc3)CC2=O)cc1. The van der Waals surface area contributed by atoms with E-state index in [1.807, 2.05) is 0 Å². The van der Waals surface area contributed by atoms with Crippen molar-refractivity contribution in [3.63, 3.8) is 0 Å². The van der Waals surface area contributed by atoms with Gasteiger partial charge in [-0.1, -0.05) is 0 Å². The molecule has 1 aliphatic rings. The number of ketones is 1. The Bertz CT molecular complexity index is 1060. The van der Waals surface area contributed by atoms with Gasteiger partial charge >= 0.3 is 11.9 Å². The second-order valence-electron chi connectivity index (χ2n) is 7.46. The summed E-state index contributed by atoms with van der Waals surface area (Å²) in [7, 11) is 0. The Kier molecular flexibility index (Phi) is 7.55. The van der Waals surface area contributed by atoms with E-state index < -0.39 is 30.4 Å². The molecule has 0 bridgehead atoms. The maximum Gasteiger partial charge on any atom is 0.338 e. The van der Waals surface area contributed by atoms with Gasteiger partial charge in [0.1, 0.15) is 0 Å². The Morgan fingerprint density at radius 1 is 0.970 bits per heavy atom. The van der Waals surface area contributed by atoms with Crippen LogP contribution in [0.15, 0.2) is 48.5 Å². The van der Waals surface area contributed by atoms with Crippen LogP contribution in [0.2, 0.25) is 0 Å². The van der Waals surface area contributed by atoms with E-state index in [9.17, 15) is 24.0 Å². The van der Waals surface area contributed by atoms with E-state index in [1.54, 1.807) is 55.5 Å². The largest absolute Gasteiger partial charge is 0.462 e. The van der Waals surface area contributed by atoms with Gasteiger partial charge in [-0.2, -0.15) is 0 Å². The molecule has 172 valence electrons. The molecule has 1 aliphatic heterocycles. The van der Waals surface area contributed by atoms with Crippen molar-refractivity contribution in [2.24, 2.45) is 5.92 Å². The Hall–Kier alpha value is -4.01. The van der Waals surface area contributed by atoms with Crippen molar-refractivity contribution >= 4 is 40.9 Å². The molecule has 0 spiro atoms. The maximum atomic E-state index is 12.4. The molecule has 0 radical (unpaired) electrons. The van der Waals surface area contributed by atoms with E-state index in [2.05, 4.69) is 5.32 Å². The summed E-state index contributed by atoms with van der Waals surface area (Å²) in [5.41, 5.74) is 1.90. The number of hydrogen-bond acceptors (Lipinski definition) is 7. The van der Waals surface area contributed by atoms with E-state index in [0.717, 1.165) is 0 Å². The highest BCUT2D eigenvalue weighted by Crippen LogP contribution is 2.26. The monoisotopic (exact) mass is 452 g/mol. The number of Topliss-reactive ketones (excluding diaryl/α,β-unsaturated/α-hetero) is 1. The van der Waals surface area contributed by atoms with Crippen molar-refractivity contribution in [2.45, 2.75) is 20.3 Å². The molecule has 2 aromatic rings. The van der Waals surface area contributed by atoms with Gasteiger partial charge in [-0.15, -0.1) is 0 Å². The first kappa shape index (κ1) is 23.6. The van der Waals surface area contributed by atoms with Crippen LogP contribution in [0.5, 0.6) is 0 Å². The van der Waals surface area contributed by atoms with Crippen LogP contribution in [0.25, 0.3) is 0 Å². The zero-order valence-electron chi connectivity index (χ0n) is 18.3. The zero-order chi connectivity index (χ0) is 24.0. The van der Waals surface area contributed by atoms with Gasteiger partial charge in [-0.05, 0) is 62.4 Å². The minimum Gasteiger partial charge on any atom is -0.462 e. The van der Waals surface area contributed by atoms with Gasteiger partial charge in [0.2, 0.25) is 5.91 Å². The zero-order valence-corrected chi connectivity index (χ0v) is 18.3. The van der Waals surface area contributed by atoms with Gasteiger partial charge in [0.15, 0.2) is 12.4 Å². The topological polar surface area (TPSA) is 119 Å². The van der Waals surface area contributed by atoms with Crippen LogP contribution < -0.4 is 10.2 Å². The third-order valence-corrected chi connectivity index (χ3v) is 5.07. The van der Waals surface area contributed by atoms with Gasteiger partial charge < -0.3 is 19.7 Å². The molecule has 2 aromatic carbocycles. The number of ether oxygens (including phenoxy) is 2. The minimum absolute atomic E-state index is 0.0351. The number of hydrogen-bond donors (Lipinski definition) is 1. The van der Waals surface area contributed by atoms with Crippen molar-refractivity contribution in [3.05, 3.63) is 59.7 Å². The third kappa shape index (κ3) is 6.03. The number of carbonyl (C=O) groups is 5. The van der Waals surface area contributed by atoms with Crippen molar-refractivity contribution in [2.75, 3.05) is 30.0 Å². The summed E-state index contributed by atoms with van der Waals surface area (Å²) >= 11 is 0. The lowest BCUT2D eigenvalue weighted by molar-refractivity contribution is -0.151. The Morgan fingerprint density at radius 3 is 2.21 bits per heavy atom. The van der Waals surface area contributed by atoms with Gasteiger partial charge in [-0.25, -0.2) is 4.79 Å². The van der Waals surface area contributed by atoms with E-state index in [0.29, 0.717) is 22.5 Å². The number of nitrogens with zero attached hydrogens (tertiary/aromatic N) is 1. The fourth-order valence-corrected chi connectivity index (χ4v) is 3.35. The molecule has 3 rings (SSSR count). The highest BCUT2D eigenvalue weighted by Gasteiger charge is 2.36. The lowest BCUT2D eigenvalue weighted by atomic mass is 10.1. The number of esters is 2. The van der Waals surface area contributed by atoms with Gasteiger partial charge in [-0.3, -0.25) is 19.2 Å². The lowest BCUT2D eigenvalue weighted by Gasteiger charge is -2.17. The van der Waals surface area contributed by atoms with Crippen molar-refractivity contribution in [1.29, 1.82) is 0 Å². The van der Waals surface area contributed by atoms with Crippen LogP contribution >= 0.6 is 0 Å². The molecule has 2 amide bonds. The van der Waals surface area contributed by atoms with Crippen LogP contribution in [0, 0.1) is 5.92 Å². The highest BCUT2D eigenvalue weighted by atomic mass is 16.5. The average molecular weight is 452 g/mol. The van der Waals surface area contributed by atoms with Crippen LogP contribution in [-0.4, -0.2) is 49.3 Å². The summed E-state index contributed by atoms with van der Waals surface area (Å²) in [5, 5.41) is 2.58. The number of amides is 2. The Morgan fingerprint density at radius 2 is 1.61 bits per heavy atom. The van der Waals surface area contributed by atoms with E-state index in [1.165, 1.54) is 11.8 Å². The quantitative estimate of drug-likeness (QED) is 0.483. The molecule has 9 nitrogen and oxygen atoms in total. The predicted molar refractivity (Wildman–Crippen MR) is 119 cm³/mol. The van der Waals surface area contributed by atoms with E-state index >= 15 is 0 Å². The fraction of sp³-hybridized carbons (Fsp3) is 0.292. The molecule has 9 heteroatoms. The molecular formula is C24H24N2O7. The highest BCUT2D eigenvalue weighted by molar-refractivity contribution is 6.00. The fourth-order valence-electron chi connectivity index (χ4n) is 3.35. The maximum absolute atomic E-state index is 12.4. The summed E-state index contributed by atoms with van der Waals surface area (Å²) in [6.45, 7) is 3.04. The average Bonchev–Trinajstić information content (AvgIpc) is 3.19. The smallest absolute Gasteiger partial charge is 0.338 e. The number of nitrogens with one attached hydrogen (secondary N) is 1. The summed E-state index contributed by atoms with van der Waals surface area (Å²) < 4.78 is 10.0. The third-order valence-electron chi connectivity index (χ3n) is 5.07. The van der Waals surface area contributed by atoms with Gasteiger partial charge in [0.05, 0.1) is 18.1 Å². The summed E-state index contributed by atoms with van der Waals surface area (Å²) in [6, 6.07) is 12.7. The molecule has 1 atom stereocenters. The first-order chi connectivity index (χ1) is 15.8. The van der Waals surface area contributed by atoms with Crippen molar-refractivity contribution in [3.8, 4) is 0 Å². The first-order valence-electron chi connectivity index (χ1n) is 10.4. The summed E-state index contributed by atoms with van der Waals surface area (Å²) in [6.07, 6.45) is -0.0351. The number of benzene rings is 2. The second-order valence-corrected chi connectivity index (χ2v) is 7.46. The van der Waals surface area contributed by atoms with E-state index in [4.69, 9.17) is 9.47 Å². The molecule has 1 fully saturated rings. The number of carbonyl (C=O) groups excluding carboxylic acids is 5. The lowest BCUT2D eigenvalue weighted by Crippen LogP contribution is -2.28. The molecule has 1 heterocycles. The van der Waals surface area contributed by atoms with Crippen molar-refractivity contribution in [1.82, 2.24) is 0 Å². The Labute approximate surface area is 190 Å². The standard InChI is InChI=1S/C24H24N2O7/c1-3-32-23(30)17-6-10-20(11-7-17)26-13-18(12-22(26)29)24(31)33-14-21(28)25-19-8-4-16(5-9-19)15(2)27/h4-11,18H,3,12-14H2,1-2H3,(H,25,28)/t18-/m0/s1. The minimum atomic E-state index is -0.704. The number of rotatable bonds is 8. The Balaban J connectivity index is 1.51. The molecule has 1 N–H and O–H groups in total. The molecule has 1 saturated heterocycles. The van der Waals surface area contributed by atoms with Crippen molar-refractivity contribution < 1.29 is 33.4 Å². The first-order valence-corrected chi connectivity index (χ1v) is 10.4. The normalized spacial score (nSPS) is 15.2. The van der Waals surface area contributed by atoms with Gasteiger partial charge in [0, 0.05) is 29.9 Å². The summed E-state index contributed by atoms with van der Waals surface area (Å²) in [5.74, 6) is -2.67. The van der Waals surface area contributed by atoms with Crippen LogP contribution in [-0.2, 0) is 23.9 Å². The van der Waals surface area contributed by atoms with E-state index in [-0.39, 0.29) is 31.3 Å².